The summed E-state index contributed by atoms with van der Waals surface area (Å²) in [5.74, 6) is -5.44. The summed E-state index contributed by atoms with van der Waals surface area (Å²) in [6, 6.07) is 10.1. The van der Waals surface area contributed by atoms with Crippen molar-refractivity contribution in [2.45, 2.75) is 32.5 Å². The lowest BCUT2D eigenvalue weighted by molar-refractivity contribution is -0.130. The van der Waals surface area contributed by atoms with Gasteiger partial charge in [0.1, 0.15) is 18.9 Å². The summed E-state index contributed by atoms with van der Waals surface area (Å²) < 4.78 is 14.1. The Morgan fingerprint density at radius 1 is 0.712 bits per heavy atom. The number of nitrogens with one attached hydrogen (secondary N) is 2. The van der Waals surface area contributed by atoms with Crippen molar-refractivity contribution in [3.63, 3.8) is 0 Å². The minimum atomic E-state index is -1.68. The van der Waals surface area contributed by atoms with Gasteiger partial charge in [-0.15, -0.1) is 0 Å². The smallest absolute Gasteiger partial charge is 0.340 e. The third kappa shape index (κ3) is 10.6. The zero-order valence-electron chi connectivity index (χ0n) is 28.1. The summed E-state index contributed by atoms with van der Waals surface area (Å²) in [6.45, 7) is 1.42. The van der Waals surface area contributed by atoms with Crippen LogP contribution in [0.25, 0.3) is 0 Å². The number of Topliss-reactive ketones (excluding diaryl/α,β-unsaturated/α-hetero) is 3. The molecular formula is C34H32N6O12. The first-order chi connectivity index (χ1) is 24.8. The Morgan fingerprint density at radius 3 is 1.67 bits per heavy atom. The maximum atomic E-state index is 13.0. The summed E-state index contributed by atoms with van der Waals surface area (Å²) in [4.78, 5) is 97.6. The first-order valence-corrected chi connectivity index (χ1v) is 15.0. The molecule has 2 atom stereocenters. The molecule has 0 saturated carbocycles. The molecule has 18 nitrogen and oxygen atoms in total. The van der Waals surface area contributed by atoms with E-state index < -0.39 is 59.8 Å². The highest BCUT2D eigenvalue weighted by molar-refractivity contribution is 6.11. The van der Waals surface area contributed by atoms with Crippen LogP contribution in [-0.4, -0.2) is 85.6 Å². The molecule has 0 fully saturated rings. The number of hydrogen-bond acceptors (Lipinski definition) is 16. The highest BCUT2D eigenvalue weighted by atomic mass is 16.5. The molecule has 0 saturated heterocycles. The Hall–Kier alpha value is -6.82. The number of anilines is 2. The van der Waals surface area contributed by atoms with E-state index in [-0.39, 0.29) is 52.5 Å². The number of aliphatic hydroxyl groups is 1. The molecule has 18 heteroatoms. The first kappa shape index (κ1) is 39.6. The summed E-state index contributed by atoms with van der Waals surface area (Å²) in [6.07, 6.45) is 0. The number of benzene rings is 3. The van der Waals surface area contributed by atoms with E-state index in [1.807, 2.05) is 0 Å². The van der Waals surface area contributed by atoms with Crippen LogP contribution in [0.4, 0.5) is 22.7 Å². The number of carbonyl (C=O) groups is 8. The topological polar surface area (TPSA) is 258 Å². The van der Waals surface area contributed by atoms with E-state index in [9.17, 15) is 43.5 Å². The fourth-order valence-corrected chi connectivity index (χ4v) is 4.28. The number of ether oxygens (including phenoxy) is 3. The number of esters is 2. The molecule has 2 amide bonds. The molecule has 0 spiro atoms. The van der Waals surface area contributed by atoms with Gasteiger partial charge in [0.2, 0.25) is 12.1 Å². The third-order valence-electron chi connectivity index (χ3n) is 6.90. The molecule has 52 heavy (non-hydrogen) atoms. The van der Waals surface area contributed by atoms with Gasteiger partial charge in [-0.3, -0.25) is 28.8 Å². The molecule has 3 aromatic rings. The van der Waals surface area contributed by atoms with Gasteiger partial charge in [0.25, 0.3) is 18.3 Å². The predicted molar refractivity (Wildman–Crippen MR) is 180 cm³/mol. The monoisotopic (exact) mass is 716 g/mol. The number of ketones is 3. The molecule has 0 bridgehead atoms. The van der Waals surface area contributed by atoms with Crippen molar-refractivity contribution >= 4 is 70.3 Å². The van der Waals surface area contributed by atoms with Gasteiger partial charge in [-0.2, -0.15) is 20.5 Å². The first-order valence-electron chi connectivity index (χ1n) is 15.0. The fourth-order valence-electron chi connectivity index (χ4n) is 4.28. The largest absolute Gasteiger partial charge is 0.465 e. The molecule has 270 valence electrons. The van der Waals surface area contributed by atoms with Crippen LogP contribution < -0.4 is 10.6 Å². The maximum Gasteiger partial charge on any atom is 0.340 e. The number of aliphatic hydroxyl groups excluding tert-OH is 1. The van der Waals surface area contributed by atoms with Crippen molar-refractivity contribution in [2.24, 2.45) is 20.5 Å². The van der Waals surface area contributed by atoms with E-state index in [0.717, 1.165) is 34.1 Å². The van der Waals surface area contributed by atoms with Gasteiger partial charge in [0.05, 0.1) is 31.0 Å². The lowest BCUT2D eigenvalue weighted by atomic mass is 10.1. The average molecular weight is 717 g/mol. The summed E-state index contributed by atoms with van der Waals surface area (Å²) in [7, 11) is 2.29. The summed E-state index contributed by atoms with van der Waals surface area (Å²) in [5, 5.41) is 29.7. The van der Waals surface area contributed by atoms with Crippen LogP contribution in [-0.2, 0) is 44.8 Å². The number of amides is 2. The van der Waals surface area contributed by atoms with E-state index in [4.69, 9.17) is 9.47 Å². The third-order valence-corrected chi connectivity index (χ3v) is 6.90. The van der Waals surface area contributed by atoms with Crippen LogP contribution in [0.15, 0.2) is 81.1 Å². The van der Waals surface area contributed by atoms with E-state index >= 15 is 0 Å². The molecule has 2 unspecified atom stereocenters. The zero-order chi connectivity index (χ0) is 38.4. The van der Waals surface area contributed by atoms with Crippen molar-refractivity contribution in [2.75, 3.05) is 31.5 Å². The second-order valence-corrected chi connectivity index (χ2v) is 10.6. The number of carbonyl (C=O) groups excluding carboxylic acids is 8. The van der Waals surface area contributed by atoms with Crippen molar-refractivity contribution in [1.82, 2.24) is 0 Å². The molecule has 0 heterocycles. The van der Waals surface area contributed by atoms with Crippen molar-refractivity contribution < 1.29 is 57.7 Å². The fraction of sp³-hybridized carbons (Fsp3) is 0.235. The van der Waals surface area contributed by atoms with Gasteiger partial charge < -0.3 is 30.0 Å². The Balaban J connectivity index is 1.76. The van der Waals surface area contributed by atoms with Crippen LogP contribution in [0, 0.1) is 0 Å². The zero-order valence-corrected chi connectivity index (χ0v) is 28.1. The Labute approximate surface area is 295 Å². The maximum absolute atomic E-state index is 13.0. The molecule has 0 aliphatic heterocycles. The second-order valence-electron chi connectivity index (χ2n) is 10.6. The summed E-state index contributed by atoms with van der Waals surface area (Å²) in [5.41, 5.74) is 0.420. The SMILES string of the molecule is COC(=O)c1ccc(C(=O)CO)c(N=NC(C(C)=O)C(=O)Nc2ccc(NC(=O)C(N=Nc3cc(COC=O)ccc3C(=O)OC)C(C)=O)cc2)c1. The van der Waals surface area contributed by atoms with Crippen LogP contribution in [0.3, 0.4) is 0 Å². The van der Waals surface area contributed by atoms with Crippen molar-refractivity contribution in [1.29, 1.82) is 0 Å². The number of azo groups is 2. The normalized spacial score (nSPS) is 12.0. The Bertz CT molecular complexity index is 1940. The van der Waals surface area contributed by atoms with E-state index in [0.29, 0.717) is 5.56 Å². The van der Waals surface area contributed by atoms with Crippen LogP contribution in [0.5, 0.6) is 0 Å². The lowest BCUT2D eigenvalue weighted by Crippen LogP contribution is -2.32. The molecule has 0 radical (unpaired) electrons. The Kier molecular flexibility index (Phi) is 14.3. The molecule has 0 aliphatic carbocycles. The van der Waals surface area contributed by atoms with Crippen LogP contribution in [0.1, 0.15) is 50.5 Å². The Morgan fingerprint density at radius 2 is 1.21 bits per heavy atom. The molecule has 0 aromatic heterocycles. The standard InChI is InChI=1S/C34H32N6O12/c1-18(43)29(39-37-26-13-20(16-52-17-42)5-11-25(26)34(49)51-4)31(46)35-22-7-9-23(10-8-22)36-32(47)30(19(2)44)40-38-27-14-21(33(48)50-3)6-12-24(27)28(45)15-41/h5-14,17,29-30,41H,15-16H2,1-4H3,(H,35,46)(H,36,47). The molecule has 3 rings (SSSR count). The molecule has 0 aliphatic rings. The molecular weight excluding hydrogens is 684 g/mol. The predicted octanol–water partition coefficient (Wildman–Crippen LogP) is 3.47. The molecule has 3 N–H and O–H groups in total. The van der Waals surface area contributed by atoms with Gasteiger partial charge >= 0.3 is 11.9 Å². The van der Waals surface area contributed by atoms with E-state index in [2.05, 4.69) is 35.8 Å². The van der Waals surface area contributed by atoms with Crippen LogP contribution >= 0.6 is 0 Å². The van der Waals surface area contributed by atoms with Gasteiger partial charge in [-0.1, -0.05) is 6.07 Å². The van der Waals surface area contributed by atoms with Gasteiger partial charge in [-0.05, 0) is 74.0 Å². The van der Waals surface area contributed by atoms with Crippen LogP contribution in [0.2, 0.25) is 0 Å². The minimum absolute atomic E-state index is 0.0000654. The molecule has 3 aromatic carbocycles. The quantitative estimate of drug-likeness (QED) is 0.0453. The average Bonchev–Trinajstić information content (AvgIpc) is 3.13. The van der Waals surface area contributed by atoms with E-state index in [1.54, 1.807) is 0 Å². The summed E-state index contributed by atoms with van der Waals surface area (Å²) >= 11 is 0. The van der Waals surface area contributed by atoms with Gasteiger partial charge in [0.15, 0.2) is 17.3 Å². The van der Waals surface area contributed by atoms with Crippen molar-refractivity contribution in [3.05, 3.63) is 82.9 Å². The van der Waals surface area contributed by atoms with E-state index in [1.165, 1.54) is 54.6 Å². The highest BCUT2D eigenvalue weighted by Crippen LogP contribution is 2.25. The van der Waals surface area contributed by atoms with Crippen molar-refractivity contribution in [3.8, 4) is 0 Å². The highest BCUT2D eigenvalue weighted by Gasteiger charge is 2.26. The van der Waals surface area contributed by atoms with Gasteiger partial charge in [-0.25, -0.2) is 9.59 Å². The van der Waals surface area contributed by atoms with Gasteiger partial charge in [0, 0.05) is 16.9 Å². The number of nitrogens with zero attached hydrogens (tertiary/aromatic N) is 4. The number of hydrogen-bond donors (Lipinski definition) is 3. The number of rotatable bonds is 17. The lowest BCUT2D eigenvalue weighted by Gasteiger charge is -2.12. The number of methoxy groups -OCH3 is 2. The minimum Gasteiger partial charge on any atom is -0.465 e. The second kappa shape index (κ2) is 18.8.